The summed E-state index contributed by atoms with van der Waals surface area (Å²) < 4.78 is 18.9. The quantitative estimate of drug-likeness (QED) is 0.534. The van der Waals surface area contributed by atoms with Gasteiger partial charge >= 0.3 is 0 Å². The third-order valence-electron chi connectivity index (χ3n) is 4.98. The number of likely N-dealkylation sites (N-methyl/N-ethyl adjacent to an activating group) is 1. The Bertz CT molecular complexity index is 1090. The standard InChI is InChI=1S/C20H22FN5O3S/c1-11-16-18(25-14-4-3-12(21)7-15(14)27)23-10-24-20(16)30-17(11)19(28)22-8-13-9-26(2)5-6-29-13/h3-4,7,10,13,27H,5-6,8-9H2,1-2H3,(H,22,28)(H,23,24,25). The molecule has 2 aromatic heterocycles. The van der Waals surface area contributed by atoms with Crippen molar-refractivity contribution in [3.05, 3.63) is 40.8 Å². The van der Waals surface area contributed by atoms with Crippen LogP contribution in [0.25, 0.3) is 10.2 Å². The number of halogens is 1. The summed E-state index contributed by atoms with van der Waals surface area (Å²) in [6, 6.07) is 3.69. The van der Waals surface area contributed by atoms with E-state index in [1.165, 1.54) is 29.8 Å². The van der Waals surface area contributed by atoms with E-state index in [0.717, 1.165) is 24.7 Å². The highest BCUT2D eigenvalue weighted by Gasteiger charge is 2.22. The molecule has 8 nitrogen and oxygen atoms in total. The van der Waals surface area contributed by atoms with E-state index in [1.807, 2.05) is 14.0 Å². The lowest BCUT2D eigenvalue weighted by Crippen LogP contribution is -2.45. The summed E-state index contributed by atoms with van der Waals surface area (Å²) in [6.45, 7) is 4.57. The second-order valence-corrected chi connectivity index (χ2v) is 8.21. The molecule has 3 N–H and O–H groups in total. The van der Waals surface area contributed by atoms with Crippen molar-refractivity contribution in [2.75, 3.05) is 38.6 Å². The van der Waals surface area contributed by atoms with Gasteiger partial charge in [0.2, 0.25) is 0 Å². The Morgan fingerprint density at radius 2 is 2.27 bits per heavy atom. The number of hydrogen-bond donors (Lipinski definition) is 3. The van der Waals surface area contributed by atoms with Gasteiger partial charge in [0, 0.05) is 25.7 Å². The molecule has 1 aliphatic heterocycles. The molecule has 3 heterocycles. The van der Waals surface area contributed by atoms with E-state index in [4.69, 9.17) is 4.74 Å². The fourth-order valence-electron chi connectivity index (χ4n) is 3.40. The second kappa shape index (κ2) is 8.50. The lowest BCUT2D eigenvalue weighted by atomic mass is 10.2. The van der Waals surface area contributed by atoms with Crippen LogP contribution in [0.1, 0.15) is 15.2 Å². The second-order valence-electron chi connectivity index (χ2n) is 7.21. The first-order valence-electron chi connectivity index (χ1n) is 9.50. The van der Waals surface area contributed by atoms with E-state index in [1.54, 1.807) is 0 Å². The molecule has 3 aromatic rings. The Balaban J connectivity index is 1.56. The minimum atomic E-state index is -0.537. The lowest BCUT2D eigenvalue weighted by molar-refractivity contribution is -0.0174. The van der Waals surface area contributed by atoms with Crippen LogP contribution in [-0.4, -0.2) is 65.3 Å². The van der Waals surface area contributed by atoms with Crippen molar-refractivity contribution in [2.24, 2.45) is 0 Å². The maximum absolute atomic E-state index is 13.3. The topological polar surface area (TPSA) is 99.6 Å². The van der Waals surface area contributed by atoms with Crippen LogP contribution in [0.5, 0.6) is 5.75 Å². The normalized spacial score (nSPS) is 17.2. The molecule has 1 saturated heterocycles. The number of rotatable bonds is 5. The van der Waals surface area contributed by atoms with Crippen LogP contribution in [0.3, 0.4) is 0 Å². The first-order chi connectivity index (χ1) is 14.4. The molecule has 1 unspecified atom stereocenters. The Kier molecular flexibility index (Phi) is 5.80. The maximum Gasteiger partial charge on any atom is 0.261 e. The summed E-state index contributed by atoms with van der Waals surface area (Å²) in [5.41, 5.74) is 1.05. The third kappa shape index (κ3) is 4.20. The van der Waals surface area contributed by atoms with Crippen molar-refractivity contribution in [2.45, 2.75) is 13.0 Å². The summed E-state index contributed by atoms with van der Waals surface area (Å²) in [5, 5.41) is 16.6. The van der Waals surface area contributed by atoms with Gasteiger partial charge in [0.05, 0.1) is 28.7 Å². The summed E-state index contributed by atoms with van der Waals surface area (Å²) in [6.07, 6.45) is 1.34. The number of amides is 1. The molecule has 0 aliphatic carbocycles. The first kappa shape index (κ1) is 20.5. The van der Waals surface area contributed by atoms with Crippen LogP contribution in [0.15, 0.2) is 24.5 Å². The number of anilines is 2. The summed E-state index contributed by atoms with van der Waals surface area (Å²) in [5.74, 6) is -0.524. The van der Waals surface area contributed by atoms with Gasteiger partial charge in [-0.3, -0.25) is 4.79 Å². The van der Waals surface area contributed by atoms with Crippen molar-refractivity contribution in [1.29, 1.82) is 0 Å². The number of aryl methyl sites for hydroxylation is 1. The minimum Gasteiger partial charge on any atom is -0.506 e. The number of carbonyl (C=O) groups is 1. The van der Waals surface area contributed by atoms with Crippen molar-refractivity contribution < 1.29 is 19.0 Å². The molecule has 30 heavy (non-hydrogen) atoms. The predicted octanol–water partition coefficient (Wildman–Crippen LogP) is 2.65. The van der Waals surface area contributed by atoms with E-state index < -0.39 is 5.82 Å². The molecule has 0 spiro atoms. The van der Waals surface area contributed by atoms with Crippen molar-refractivity contribution in [3.8, 4) is 5.75 Å². The molecule has 1 fully saturated rings. The number of nitrogens with one attached hydrogen (secondary N) is 2. The van der Waals surface area contributed by atoms with Gasteiger partial charge in [-0.25, -0.2) is 14.4 Å². The number of nitrogens with zero attached hydrogens (tertiary/aromatic N) is 3. The molecule has 0 saturated carbocycles. The number of benzene rings is 1. The SMILES string of the molecule is Cc1c(C(=O)NCC2CN(C)CCO2)sc2ncnc(Nc3ccc(F)cc3O)c12. The molecule has 0 bridgehead atoms. The number of carbonyl (C=O) groups excluding carboxylic acids is 1. The van der Waals surface area contributed by atoms with Gasteiger partial charge in [0.25, 0.3) is 5.91 Å². The van der Waals surface area contributed by atoms with Crippen molar-refractivity contribution in [3.63, 3.8) is 0 Å². The van der Waals surface area contributed by atoms with Crippen LogP contribution < -0.4 is 10.6 Å². The fourth-order valence-corrected chi connectivity index (χ4v) is 4.46. The van der Waals surface area contributed by atoms with Crippen LogP contribution in [0, 0.1) is 12.7 Å². The summed E-state index contributed by atoms with van der Waals surface area (Å²) >= 11 is 1.27. The van der Waals surface area contributed by atoms with E-state index in [0.29, 0.717) is 39.8 Å². The number of ether oxygens (including phenoxy) is 1. The average molecular weight is 431 g/mol. The van der Waals surface area contributed by atoms with Gasteiger partial charge in [0.15, 0.2) is 0 Å². The van der Waals surface area contributed by atoms with E-state index in [9.17, 15) is 14.3 Å². The zero-order valence-electron chi connectivity index (χ0n) is 16.6. The summed E-state index contributed by atoms with van der Waals surface area (Å²) in [4.78, 5) is 24.7. The Labute approximate surface area is 176 Å². The average Bonchev–Trinajstić information content (AvgIpc) is 3.06. The highest BCUT2D eigenvalue weighted by Crippen LogP contribution is 2.36. The van der Waals surface area contributed by atoms with Gasteiger partial charge in [-0.1, -0.05) is 0 Å². The Hall–Kier alpha value is -2.82. The molecule has 1 aromatic carbocycles. The van der Waals surface area contributed by atoms with Crippen LogP contribution in [-0.2, 0) is 4.74 Å². The smallest absolute Gasteiger partial charge is 0.261 e. The van der Waals surface area contributed by atoms with E-state index >= 15 is 0 Å². The monoisotopic (exact) mass is 431 g/mol. The molecule has 1 atom stereocenters. The number of fused-ring (bicyclic) bond motifs is 1. The van der Waals surface area contributed by atoms with Crippen LogP contribution in [0.4, 0.5) is 15.9 Å². The molecular formula is C20H22FN5O3S. The number of phenols is 1. The number of aromatic nitrogens is 2. The lowest BCUT2D eigenvalue weighted by Gasteiger charge is -2.30. The maximum atomic E-state index is 13.3. The number of hydrogen-bond acceptors (Lipinski definition) is 8. The fraction of sp³-hybridized carbons (Fsp3) is 0.350. The molecule has 1 aliphatic rings. The Morgan fingerprint density at radius 3 is 3.03 bits per heavy atom. The molecule has 158 valence electrons. The number of phenolic OH excluding ortho intramolecular Hbond substituents is 1. The number of thiophene rings is 1. The zero-order chi connectivity index (χ0) is 21.3. The highest BCUT2D eigenvalue weighted by molar-refractivity contribution is 7.20. The highest BCUT2D eigenvalue weighted by atomic mass is 32.1. The Morgan fingerprint density at radius 1 is 1.43 bits per heavy atom. The van der Waals surface area contributed by atoms with Gasteiger partial charge in [-0.15, -0.1) is 11.3 Å². The largest absolute Gasteiger partial charge is 0.506 e. The summed E-state index contributed by atoms with van der Waals surface area (Å²) in [7, 11) is 2.03. The van der Waals surface area contributed by atoms with E-state index in [-0.39, 0.29) is 17.8 Å². The van der Waals surface area contributed by atoms with Crippen molar-refractivity contribution >= 4 is 39.0 Å². The van der Waals surface area contributed by atoms with Gasteiger partial charge < -0.3 is 25.4 Å². The first-order valence-corrected chi connectivity index (χ1v) is 10.3. The minimum absolute atomic E-state index is 0.0409. The van der Waals surface area contributed by atoms with Gasteiger partial charge in [-0.2, -0.15) is 0 Å². The van der Waals surface area contributed by atoms with E-state index in [2.05, 4.69) is 25.5 Å². The predicted molar refractivity (Wildman–Crippen MR) is 113 cm³/mol. The zero-order valence-corrected chi connectivity index (χ0v) is 17.4. The number of aromatic hydroxyl groups is 1. The third-order valence-corrected chi connectivity index (χ3v) is 6.18. The molecular weight excluding hydrogens is 409 g/mol. The van der Waals surface area contributed by atoms with Gasteiger partial charge in [-0.05, 0) is 31.7 Å². The molecule has 10 heteroatoms. The van der Waals surface area contributed by atoms with Crippen LogP contribution >= 0.6 is 11.3 Å². The van der Waals surface area contributed by atoms with Crippen LogP contribution in [0.2, 0.25) is 0 Å². The number of morpholine rings is 1. The molecule has 0 radical (unpaired) electrons. The molecule has 4 rings (SSSR count). The molecule has 1 amide bonds. The van der Waals surface area contributed by atoms with Crippen molar-refractivity contribution in [1.82, 2.24) is 20.2 Å². The van der Waals surface area contributed by atoms with Gasteiger partial charge in [0.1, 0.15) is 28.5 Å².